The molecule has 17 heavy (non-hydrogen) atoms. The normalized spacial score (nSPS) is 10.5. The monoisotopic (exact) mass is 237 g/mol. The van der Waals surface area contributed by atoms with E-state index in [2.05, 4.69) is 17.3 Å². The van der Waals surface area contributed by atoms with Gasteiger partial charge in [-0.15, -0.1) is 0 Å². The highest BCUT2D eigenvalue weighted by molar-refractivity contribution is 5.38. The molecule has 4 nitrogen and oxygen atoms in total. The number of rotatable bonds is 8. The molecule has 0 fully saturated rings. The lowest BCUT2D eigenvalue weighted by atomic mass is 10.1. The Kier molecular flexibility index (Phi) is 6.37. The smallest absolute Gasteiger partial charge is 0.268 e. The number of nitrogens with zero attached hydrogens (tertiary/aromatic N) is 2. The average Bonchev–Trinajstić information content (AvgIpc) is 2.32. The highest BCUT2D eigenvalue weighted by Gasteiger charge is 1.99. The summed E-state index contributed by atoms with van der Waals surface area (Å²) in [6.45, 7) is 5.74. The molecule has 1 aromatic rings. The van der Waals surface area contributed by atoms with Crippen LogP contribution < -0.4 is 10.9 Å². The zero-order valence-corrected chi connectivity index (χ0v) is 10.9. The molecule has 0 saturated heterocycles. The summed E-state index contributed by atoms with van der Waals surface area (Å²) in [6.07, 6.45) is 7.71. The Balaban J connectivity index is 2.41. The lowest BCUT2D eigenvalue weighted by molar-refractivity contribution is 0.513. The minimum absolute atomic E-state index is 0.0149. The zero-order valence-electron chi connectivity index (χ0n) is 10.9. The molecule has 0 amide bonds. The SMILES string of the molecule is CCCCCCCn1ncc(NCC)cc1=O. The molecule has 0 aliphatic carbocycles. The molecule has 1 aromatic heterocycles. The molecule has 0 atom stereocenters. The summed E-state index contributed by atoms with van der Waals surface area (Å²) >= 11 is 0. The molecule has 0 saturated carbocycles. The Labute approximate surface area is 103 Å². The third-order valence-corrected chi connectivity index (χ3v) is 2.72. The first kappa shape index (κ1) is 13.7. The zero-order chi connectivity index (χ0) is 12.5. The molecule has 1 N–H and O–H groups in total. The van der Waals surface area contributed by atoms with Gasteiger partial charge < -0.3 is 5.32 Å². The fourth-order valence-corrected chi connectivity index (χ4v) is 1.77. The third kappa shape index (κ3) is 5.02. The van der Waals surface area contributed by atoms with E-state index in [9.17, 15) is 4.79 Å². The van der Waals surface area contributed by atoms with Crippen LogP contribution >= 0.6 is 0 Å². The van der Waals surface area contributed by atoms with E-state index in [-0.39, 0.29) is 5.56 Å². The van der Waals surface area contributed by atoms with Crippen molar-refractivity contribution in [1.29, 1.82) is 0 Å². The van der Waals surface area contributed by atoms with Gasteiger partial charge in [-0.2, -0.15) is 5.10 Å². The molecular formula is C13H23N3O. The molecule has 0 aromatic carbocycles. The second kappa shape index (κ2) is 7.87. The highest BCUT2D eigenvalue weighted by atomic mass is 16.1. The number of hydrogen-bond donors (Lipinski definition) is 1. The van der Waals surface area contributed by atoms with Gasteiger partial charge in [-0.1, -0.05) is 32.6 Å². The van der Waals surface area contributed by atoms with Crippen LogP contribution in [-0.4, -0.2) is 16.3 Å². The van der Waals surface area contributed by atoms with Crippen LogP contribution in [0.5, 0.6) is 0 Å². The van der Waals surface area contributed by atoms with E-state index in [0.29, 0.717) is 0 Å². The molecule has 4 heteroatoms. The largest absolute Gasteiger partial charge is 0.384 e. The second-order valence-electron chi connectivity index (χ2n) is 4.25. The fraction of sp³-hybridized carbons (Fsp3) is 0.692. The van der Waals surface area contributed by atoms with Gasteiger partial charge in [0.05, 0.1) is 11.9 Å². The van der Waals surface area contributed by atoms with Crippen LogP contribution in [0, 0.1) is 0 Å². The van der Waals surface area contributed by atoms with E-state index >= 15 is 0 Å². The van der Waals surface area contributed by atoms with Gasteiger partial charge in [0, 0.05) is 19.2 Å². The van der Waals surface area contributed by atoms with Crippen LogP contribution in [-0.2, 0) is 6.54 Å². The predicted octanol–water partition coefficient (Wildman–Crippen LogP) is 2.65. The topological polar surface area (TPSA) is 46.9 Å². The summed E-state index contributed by atoms with van der Waals surface area (Å²) in [6, 6.07) is 1.61. The van der Waals surface area contributed by atoms with Crippen LogP contribution in [0.2, 0.25) is 0 Å². The Bertz CT molecular complexity index is 373. The summed E-state index contributed by atoms with van der Waals surface area (Å²) in [7, 11) is 0. The van der Waals surface area contributed by atoms with Gasteiger partial charge in [0.1, 0.15) is 0 Å². The summed E-state index contributed by atoms with van der Waals surface area (Å²) in [5, 5.41) is 7.24. The molecule has 0 radical (unpaired) electrons. The minimum Gasteiger partial charge on any atom is -0.384 e. The first-order valence-electron chi connectivity index (χ1n) is 6.59. The van der Waals surface area contributed by atoms with Crippen molar-refractivity contribution in [3.05, 3.63) is 22.6 Å². The molecule has 1 rings (SSSR count). The van der Waals surface area contributed by atoms with Gasteiger partial charge in [0.2, 0.25) is 0 Å². The van der Waals surface area contributed by atoms with E-state index in [4.69, 9.17) is 0 Å². The molecule has 0 unspecified atom stereocenters. The number of aromatic nitrogens is 2. The maximum atomic E-state index is 11.7. The molecule has 1 heterocycles. The molecule has 0 aliphatic rings. The summed E-state index contributed by atoms with van der Waals surface area (Å²) in [5.41, 5.74) is 0.790. The number of aryl methyl sites for hydroxylation is 1. The van der Waals surface area contributed by atoms with Crippen molar-refractivity contribution in [2.75, 3.05) is 11.9 Å². The van der Waals surface area contributed by atoms with Gasteiger partial charge in [0.25, 0.3) is 5.56 Å². The van der Waals surface area contributed by atoms with Gasteiger partial charge in [-0.05, 0) is 13.3 Å². The van der Waals surface area contributed by atoms with E-state index < -0.39 is 0 Å². The van der Waals surface area contributed by atoms with Crippen LogP contribution in [0.3, 0.4) is 0 Å². The quantitative estimate of drug-likeness (QED) is 0.707. The number of unbranched alkanes of at least 4 members (excludes halogenated alkanes) is 4. The molecule has 96 valence electrons. The van der Waals surface area contributed by atoms with Gasteiger partial charge in [0.15, 0.2) is 0 Å². The Morgan fingerprint density at radius 1 is 1.24 bits per heavy atom. The first-order valence-corrected chi connectivity index (χ1v) is 6.59. The van der Waals surface area contributed by atoms with E-state index in [1.54, 1.807) is 16.9 Å². The summed E-state index contributed by atoms with van der Waals surface area (Å²) < 4.78 is 1.55. The fourth-order valence-electron chi connectivity index (χ4n) is 1.77. The van der Waals surface area contributed by atoms with Crippen LogP contribution in [0.25, 0.3) is 0 Å². The molecular weight excluding hydrogens is 214 g/mol. The van der Waals surface area contributed by atoms with Crippen LogP contribution in [0.15, 0.2) is 17.1 Å². The Morgan fingerprint density at radius 2 is 2.00 bits per heavy atom. The van der Waals surface area contributed by atoms with Gasteiger partial charge >= 0.3 is 0 Å². The van der Waals surface area contributed by atoms with Crippen molar-refractivity contribution in [2.45, 2.75) is 52.5 Å². The standard InChI is InChI=1S/C13H23N3O/c1-3-5-6-7-8-9-16-13(17)10-12(11-15-16)14-4-2/h10-11,14H,3-9H2,1-2H3. The minimum atomic E-state index is -0.0149. The Hall–Kier alpha value is -1.32. The van der Waals surface area contributed by atoms with Crippen LogP contribution in [0.1, 0.15) is 46.0 Å². The van der Waals surface area contributed by atoms with E-state index in [1.807, 2.05) is 6.92 Å². The van der Waals surface area contributed by atoms with Crippen molar-refractivity contribution < 1.29 is 0 Å². The predicted molar refractivity (Wildman–Crippen MR) is 71.4 cm³/mol. The number of nitrogens with one attached hydrogen (secondary N) is 1. The first-order chi connectivity index (χ1) is 8.27. The molecule has 0 bridgehead atoms. The van der Waals surface area contributed by atoms with Crippen LogP contribution in [0.4, 0.5) is 5.69 Å². The van der Waals surface area contributed by atoms with E-state index in [1.165, 1.54) is 25.7 Å². The highest BCUT2D eigenvalue weighted by Crippen LogP contribution is 2.03. The summed E-state index contributed by atoms with van der Waals surface area (Å²) in [4.78, 5) is 11.7. The lowest BCUT2D eigenvalue weighted by Gasteiger charge is -2.06. The summed E-state index contributed by atoms with van der Waals surface area (Å²) in [5.74, 6) is 0. The van der Waals surface area contributed by atoms with Gasteiger partial charge in [-0.25, -0.2) is 4.68 Å². The third-order valence-electron chi connectivity index (χ3n) is 2.72. The van der Waals surface area contributed by atoms with Crippen molar-refractivity contribution in [1.82, 2.24) is 9.78 Å². The number of hydrogen-bond acceptors (Lipinski definition) is 3. The molecule has 0 spiro atoms. The maximum absolute atomic E-state index is 11.7. The van der Waals surface area contributed by atoms with Gasteiger partial charge in [-0.3, -0.25) is 4.79 Å². The second-order valence-corrected chi connectivity index (χ2v) is 4.25. The average molecular weight is 237 g/mol. The number of anilines is 1. The van der Waals surface area contributed by atoms with Crippen molar-refractivity contribution in [2.24, 2.45) is 0 Å². The van der Waals surface area contributed by atoms with Crippen molar-refractivity contribution in [3.8, 4) is 0 Å². The maximum Gasteiger partial charge on any atom is 0.268 e. The lowest BCUT2D eigenvalue weighted by Crippen LogP contribution is -2.22. The molecule has 0 aliphatic heterocycles. The van der Waals surface area contributed by atoms with E-state index in [0.717, 1.165) is 25.2 Å². The Morgan fingerprint density at radius 3 is 2.65 bits per heavy atom. The van der Waals surface area contributed by atoms with Crippen molar-refractivity contribution >= 4 is 5.69 Å². The van der Waals surface area contributed by atoms with Crippen molar-refractivity contribution in [3.63, 3.8) is 0 Å².